The fourth-order valence-corrected chi connectivity index (χ4v) is 6.83. The van der Waals surface area contributed by atoms with Crippen molar-refractivity contribution in [2.45, 2.75) is 59.0 Å². The third-order valence-corrected chi connectivity index (χ3v) is 9.38. The van der Waals surface area contributed by atoms with Crippen LogP contribution < -0.4 is 15.0 Å². The van der Waals surface area contributed by atoms with Crippen LogP contribution in [0.4, 0.5) is 22.7 Å². The van der Waals surface area contributed by atoms with Gasteiger partial charge in [0.15, 0.2) is 5.60 Å². The zero-order valence-corrected chi connectivity index (χ0v) is 27.0. The van der Waals surface area contributed by atoms with E-state index >= 15 is 0 Å². The molecule has 0 radical (unpaired) electrons. The minimum absolute atomic E-state index is 0.331. The number of anilines is 4. The van der Waals surface area contributed by atoms with Crippen LogP contribution in [0.5, 0.6) is 11.5 Å². The van der Waals surface area contributed by atoms with Crippen molar-refractivity contribution in [1.29, 1.82) is 0 Å². The lowest BCUT2D eigenvalue weighted by atomic mass is 9.77. The molecule has 5 nitrogen and oxygen atoms in total. The average molecular weight is 609 g/mol. The van der Waals surface area contributed by atoms with E-state index in [0.717, 1.165) is 64.4 Å². The number of fused-ring (bicyclic) bond motifs is 6. The van der Waals surface area contributed by atoms with E-state index in [1.165, 1.54) is 24.0 Å². The number of aryl methyl sites for hydroxylation is 3. The summed E-state index contributed by atoms with van der Waals surface area (Å²) in [6.45, 7) is 9.40. The molecule has 5 aromatic rings. The van der Waals surface area contributed by atoms with Crippen LogP contribution in [0.1, 0.15) is 77.4 Å². The minimum atomic E-state index is -1.14. The maximum atomic E-state index is 13.5. The van der Waals surface area contributed by atoms with E-state index in [-0.39, 0.29) is 5.97 Å². The number of unbranched alkanes of at least 4 members (excludes halogenated alkanes) is 1. The van der Waals surface area contributed by atoms with Crippen LogP contribution in [-0.2, 0) is 23.2 Å². The summed E-state index contributed by atoms with van der Waals surface area (Å²) >= 11 is 0. The van der Waals surface area contributed by atoms with E-state index in [0.29, 0.717) is 17.1 Å². The van der Waals surface area contributed by atoms with E-state index in [2.05, 4.69) is 117 Å². The number of hydrogen-bond acceptors (Lipinski definition) is 5. The molecule has 1 spiro atoms. The summed E-state index contributed by atoms with van der Waals surface area (Å²) in [6.07, 6.45) is 4.47. The zero-order valence-electron chi connectivity index (χ0n) is 27.0. The molecule has 2 aliphatic heterocycles. The second-order valence-corrected chi connectivity index (χ2v) is 12.3. The molecule has 0 saturated carbocycles. The number of nitrogens with one attached hydrogen (secondary N) is 1. The second-order valence-electron chi connectivity index (χ2n) is 12.3. The average Bonchev–Trinajstić information content (AvgIpc) is 3.38. The van der Waals surface area contributed by atoms with Crippen molar-refractivity contribution in [3.05, 3.63) is 142 Å². The predicted molar refractivity (Wildman–Crippen MR) is 186 cm³/mol. The molecule has 46 heavy (non-hydrogen) atoms. The van der Waals surface area contributed by atoms with E-state index in [1.807, 2.05) is 24.3 Å². The number of esters is 1. The number of nitrogens with zero attached hydrogens (tertiary/aromatic N) is 1. The molecule has 1 atom stereocenters. The minimum Gasteiger partial charge on any atom is -0.456 e. The lowest BCUT2D eigenvalue weighted by Gasteiger charge is -2.38. The summed E-state index contributed by atoms with van der Waals surface area (Å²) in [6, 6.07) is 35.5. The topological polar surface area (TPSA) is 50.8 Å². The highest BCUT2D eigenvalue weighted by Gasteiger charge is 2.53. The van der Waals surface area contributed by atoms with Gasteiger partial charge in [-0.3, -0.25) is 0 Å². The van der Waals surface area contributed by atoms with Gasteiger partial charge in [-0.2, -0.15) is 0 Å². The quantitative estimate of drug-likeness (QED) is 0.169. The summed E-state index contributed by atoms with van der Waals surface area (Å²) in [7, 11) is 0. The van der Waals surface area contributed by atoms with Crippen LogP contribution in [-0.4, -0.2) is 12.5 Å². The molecule has 0 bridgehead atoms. The molecule has 0 saturated heterocycles. The molecule has 0 fully saturated rings. The van der Waals surface area contributed by atoms with Crippen molar-refractivity contribution in [3.8, 4) is 11.5 Å². The Morgan fingerprint density at radius 2 is 1.46 bits per heavy atom. The Labute approximate surface area is 271 Å². The predicted octanol–water partition coefficient (Wildman–Crippen LogP) is 10.4. The smallest absolute Gasteiger partial charge is 0.340 e. The van der Waals surface area contributed by atoms with Crippen molar-refractivity contribution in [2.24, 2.45) is 0 Å². The molecular formula is C41H40N2O3. The Bertz CT molecular complexity index is 1910. The van der Waals surface area contributed by atoms with Gasteiger partial charge in [-0.05, 0) is 104 Å². The molecule has 0 amide bonds. The standard InChI is InChI=1S/C41H40N2O3/c1-5-8-11-29-16-20-31(21-17-29)43(7-3)32-22-23-35-39(25-32)45-38-24-27(4)37(42-30-18-14-28(6-2)15-19-30)26-36(38)41(35)34-13-10-9-12-33(34)40(44)46-41/h9-10,12-26,42H,5-8,11H2,1-4H3. The fraction of sp³-hybridized carbons (Fsp3) is 0.244. The van der Waals surface area contributed by atoms with Gasteiger partial charge in [-0.25, -0.2) is 4.79 Å². The highest BCUT2D eigenvalue weighted by atomic mass is 16.6. The number of ether oxygens (including phenoxy) is 2. The normalized spacial score (nSPS) is 15.9. The van der Waals surface area contributed by atoms with Crippen molar-refractivity contribution < 1.29 is 14.3 Å². The number of benzene rings is 5. The van der Waals surface area contributed by atoms with Gasteiger partial charge in [-0.1, -0.05) is 62.7 Å². The third-order valence-electron chi connectivity index (χ3n) is 9.38. The molecule has 5 aromatic carbocycles. The first-order chi connectivity index (χ1) is 22.4. The van der Waals surface area contributed by atoms with Gasteiger partial charge in [0.2, 0.25) is 0 Å². The van der Waals surface area contributed by atoms with Crippen LogP contribution in [0.3, 0.4) is 0 Å². The summed E-state index contributed by atoms with van der Waals surface area (Å²) in [5, 5.41) is 3.60. The van der Waals surface area contributed by atoms with E-state index in [4.69, 9.17) is 9.47 Å². The van der Waals surface area contributed by atoms with Gasteiger partial charge in [0.25, 0.3) is 0 Å². The number of rotatable bonds is 9. The van der Waals surface area contributed by atoms with Crippen molar-refractivity contribution in [2.75, 3.05) is 16.8 Å². The van der Waals surface area contributed by atoms with Gasteiger partial charge in [0, 0.05) is 52.1 Å². The third kappa shape index (κ3) is 5.00. The Morgan fingerprint density at radius 3 is 2.20 bits per heavy atom. The number of hydrogen-bond donors (Lipinski definition) is 1. The molecule has 7 rings (SSSR count). The van der Waals surface area contributed by atoms with Crippen LogP contribution in [0.2, 0.25) is 0 Å². The molecule has 0 aromatic heterocycles. The molecule has 232 valence electrons. The largest absolute Gasteiger partial charge is 0.456 e. The van der Waals surface area contributed by atoms with Crippen LogP contribution >= 0.6 is 0 Å². The van der Waals surface area contributed by atoms with Crippen molar-refractivity contribution in [3.63, 3.8) is 0 Å². The van der Waals surface area contributed by atoms with Crippen molar-refractivity contribution >= 4 is 28.7 Å². The highest BCUT2D eigenvalue weighted by molar-refractivity contribution is 5.97. The Kier molecular flexibility index (Phi) is 7.77. The SMILES string of the molecule is CCCCc1ccc(N(CC)c2ccc3c(c2)Oc2cc(C)c(Nc4ccc(CC)cc4)cc2C32OC(=O)c3ccccc32)cc1. The van der Waals surface area contributed by atoms with E-state index in [1.54, 1.807) is 0 Å². The first-order valence-electron chi connectivity index (χ1n) is 16.5. The Balaban J connectivity index is 1.33. The van der Waals surface area contributed by atoms with E-state index < -0.39 is 5.60 Å². The van der Waals surface area contributed by atoms with E-state index in [9.17, 15) is 4.79 Å². The first kappa shape index (κ1) is 29.7. The van der Waals surface area contributed by atoms with Gasteiger partial charge >= 0.3 is 5.97 Å². The summed E-state index contributed by atoms with van der Waals surface area (Å²) < 4.78 is 13.2. The van der Waals surface area contributed by atoms with Gasteiger partial charge in [0.1, 0.15) is 11.5 Å². The Morgan fingerprint density at radius 1 is 0.739 bits per heavy atom. The molecule has 2 heterocycles. The van der Waals surface area contributed by atoms with Gasteiger partial charge < -0.3 is 19.7 Å². The molecule has 1 N–H and O–H groups in total. The number of carbonyl (C=O) groups excluding carboxylic acids is 1. The molecule has 2 aliphatic rings. The fourth-order valence-electron chi connectivity index (χ4n) is 6.83. The van der Waals surface area contributed by atoms with Crippen molar-refractivity contribution in [1.82, 2.24) is 0 Å². The lowest BCUT2D eigenvalue weighted by Crippen LogP contribution is -2.33. The maximum Gasteiger partial charge on any atom is 0.340 e. The number of carbonyl (C=O) groups is 1. The summed E-state index contributed by atoms with van der Waals surface area (Å²) in [4.78, 5) is 15.8. The molecule has 1 unspecified atom stereocenters. The summed E-state index contributed by atoms with van der Waals surface area (Å²) in [5.74, 6) is 1.03. The first-order valence-corrected chi connectivity index (χ1v) is 16.5. The van der Waals surface area contributed by atoms with Crippen LogP contribution in [0.15, 0.2) is 103 Å². The lowest BCUT2D eigenvalue weighted by molar-refractivity contribution is 0.0224. The highest BCUT2D eigenvalue weighted by Crippen LogP contribution is 2.57. The molecular weight excluding hydrogens is 568 g/mol. The molecule has 0 aliphatic carbocycles. The zero-order chi connectivity index (χ0) is 31.8. The Hall–Kier alpha value is -5.03. The second kappa shape index (κ2) is 12.1. The summed E-state index contributed by atoms with van der Waals surface area (Å²) in [5.41, 5.74) is 9.65. The van der Waals surface area contributed by atoms with Gasteiger partial charge in [0.05, 0.1) is 5.56 Å². The van der Waals surface area contributed by atoms with Crippen LogP contribution in [0, 0.1) is 6.92 Å². The van der Waals surface area contributed by atoms with Gasteiger partial charge in [-0.15, -0.1) is 0 Å². The molecule has 5 heteroatoms. The monoisotopic (exact) mass is 608 g/mol. The van der Waals surface area contributed by atoms with Crippen LogP contribution in [0.25, 0.3) is 0 Å². The maximum absolute atomic E-state index is 13.5.